The highest BCUT2D eigenvalue weighted by Crippen LogP contribution is 2.30. The van der Waals surface area contributed by atoms with Crippen molar-refractivity contribution in [1.82, 2.24) is 24.9 Å². The molecule has 2 heterocycles. The Morgan fingerprint density at radius 1 is 1.00 bits per heavy atom. The van der Waals surface area contributed by atoms with E-state index in [-0.39, 0.29) is 18.2 Å². The maximum atomic E-state index is 13.3. The van der Waals surface area contributed by atoms with E-state index in [1.54, 1.807) is 22.7 Å². The largest absolute Gasteiger partial charge is 0.493 e. The SMILES string of the molecule is CCN(C(=O)CNC(=O)c1cccc(C(F)(F)F)c1)c1c(C)cnn1-c1cccc(OCCCN2CCN(C(=O)OC(C)(C)C)CC2)c1. The van der Waals surface area contributed by atoms with Gasteiger partial charge in [0, 0.05) is 56.5 Å². The number of anilines is 1. The van der Waals surface area contributed by atoms with E-state index in [2.05, 4.69) is 15.3 Å². The molecule has 1 aromatic heterocycles. The summed E-state index contributed by atoms with van der Waals surface area (Å²) in [5, 5.41) is 6.91. The van der Waals surface area contributed by atoms with Gasteiger partial charge < -0.3 is 19.7 Å². The van der Waals surface area contributed by atoms with E-state index < -0.39 is 35.7 Å². The van der Waals surface area contributed by atoms with Crippen molar-refractivity contribution < 1.29 is 37.0 Å². The third-order valence-electron chi connectivity index (χ3n) is 7.62. The molecule has 1 fully saturated rings. The number of aryl methyl sites for hydroxylation is 1. The Kier molecular flexibility index (Phi) is 11.7. The lowest BCUT2D eigenvalue weighted by atomic mass is 10.1. The van der Waals surface area contributed by atoms with Crippen molar-refractivity contribution in [2.45, 2.75) is 52.8 Å². The first-order chi connectivity index (χ1) is 22.7. The number of amides is 3. The average Bonchev–Trinajstić information content (AvgIpc) is 3.42. The van der Waals surface area contributed by atoms with Gasteiger partial charge in [-0.05, 0) is 71.4 Å². The van der Waals surface area contributed by atoms with E-state index in [9.17, 15) is 27.6 Å². The molecule has 0 unspecified atom stereocenters. The fraction of sp³-hybridized carbons (Fsp3) is 0.471. The highest BCUT2D eigenvalue weighted by molar-refractivity contribution is 6.00. The van der Waals surface area contributed by atoms with E-state index in [4.69, 9.17) is 9.47 Å². The van der Waals surface area contributed by atoms with Crippen LogP contribution in [0, 0.1) is 6.92 Å². The average molecular weight is 673 g/mol. The number of hydrogen-bond donors (Lipinski definition) is 1. The van der Waals surface area contributed by atoms with Gasteiger partial charge in [-0.1, -0.05) is 12.1 Å². The quantitative estimate of drug-likeness (QED) is 0.275. The van der Waals surface area contributed by atoms with Crippen LogP contribution in [0.25, 0.3) is 5.69 Å². The first-order valence-electron chi connectivity index (χ1n) is 15.9. The summed E-state index contributed by atoms with van der Waals surface area (Å²) in [6.45, 7) is 13.0. The first kappa shape index (κ1) is 36.2. The van der Waals surface area contributed by atoms with Crippen molar-refractivity contribution in [1.29, 1.82) is 0 Å². The van der Waals surface area contributed by atoms with Crippen molar-refractivity contribution in [3.05, 3.63) is 71.4 Å². The van der Waals surface area contributed by atoms with E-state index in [0.29, 0.717) is 42.5 Å². The van der Waals surface area contributed by atoms with Gasteiger partial charge in [0.15, 0.2) is 0 Å². The fourth-order valence-electron chi connectivity index (χ4n) is 5.24. The monoisotopic (exact) mass is 672 g/mol. The van der Waals surface area contributed by atoms with Gasteiger partial charge in [0.1, 0.15) is 17.2 Å². The van der Waals surface area contributed by atoms with E-state index >= 15 is 0 Å². The maximum Gasteiger partial charge on any atom is 0.416 e. The summed E-state index contributed by atoms with van der Waals surface area (Å²) in [7, 11) is 0. The number of halogens is 3. The van der Waals surface area contributed by atoms with Crippen LogP contribution >= 0.6 is 0 Å². The van der Waals surface area contributed by atoms with Gasteiger partial charge in [-0.3, -0.25) is 19.4 Å². The molecule has 0 atom stereocenters. The molecule has 1 saturated heterocycles. The predicted octanol–water partition coefficient (Wildman–Crippen LogP) is 5.30. The number of benzene rings is 2. The molecule has 0 spiro atoms. The third kappa shape index (κ3) is 9.72. The van der Waals surface area contributed by atoms with E-state index in [1.807, 2.05) is 52.0 Å². The topological polar surface area (TPSA) is 109 Å². The Morgan fingerprint density at radius 2 is 1.71 bits per heavy atom. The Bertz CT molecular complexity index is 1580. The smallest absolute Gasteiger partial charge is 0.416 e. The van der Waals surface area contributed by atoms with Crippen molar-refractivity contribution in [3.8, 4) is 11.4 Å². The molecule has 2 aromatic carbocycles. The zero-order valence-corrected chi connectivity index (χ0v) is 28.0. The van der Waals surface area contributed by atoms with Gasteiger partial charge in [0.05, 0.1) is 30.6 Å². The van der Waals surface area contributed by atoms with Gasteiger partial charge in [0.2, 0.25) is 5.91 Å². The van der Waals surface area contributed by atoms with Gasteiger partial charge >= 0.3 is 12.3 Å². The standard InChI is InChI=1S/C34H43F3N6O5/c1-6-42(29(44)23-38-30(45)25-10-7-11-26(20-25)34(35,36)37)31-24(2)22-39-43(31)27-12-8-13-28(21-27)47-19-9-14-40-15-17-41(18-16-40)32(46)48-33(3,4)5/h7-8,10-13,20-22H,6,9,14-19,23H2,1-5H3,(H,38,45). The second-order valence-corrected chi connectivity index (χ2v) is 12.5. The van der Waals surface area contributed by atoms with Crippen molar-refractivity contribution in [2.24, 2.45) is 0 Å². The molecular weight excluding hydrogens is 629 g/mol. The molecule has 3 amide bonds. The molecule has 260 valence electrons. The number of nitrogens with one attached hydrogen (secondary N) is 1. The van der Waals surface area contributed by atoms with Gasteiger partial charge in [0.25, 0.3) is 5.91 Å². The molecule has 0 radical (unpaired) electrons. The Labute approximate surface area is 278 Å². The second kappa shape index (κ2) is 15.5. The van der Waals surface area contributed by atoms with Crippen LogP contribution in [0.5, 0.6) is 5.75 Å². The molecule has 0 bridgehead atoms. The van der Waals surface area contributed by atoms with Gasteiger partial charge in [-0.2, -0.15) is 18.3 Å². The first-order valence-corrected chi connectivity index (χ1v) is 15.9. The van der Waals surface area contributed by atoms with Gasteiger partial charge in [-0.15, -0.1) is 0 Å². The number of ether oxygens (including phenoxy) is 2. The number of aromatic nitrogens is 2. The Morgan fingerprint density at radius 3 is 2.38 bits per heavy atom. The summed E-state index contributed by atoms with van der Waals surface area (Å²) in [6, 6.07) is 11.4. The molecule has 1 N–H and O–H groups in total. The van der Waals surface area contributed by atoms with Crippen molar-refractivity contribution in [2.75, 3.05) is 57.3 Å². The summed E-state index contributed by atoms with van der Waals surface area (Å²) in [6.07, 6.45) is -2.46. The van der Waals surface area contributed by atoms with E-state index in [0.717, 1.165) is 44.3 Å². The Balaban J connectivity index is 1.32. The number of piperazine rings is 1. The second-order valence-electron chi connectivity index (χ2n) is 12.5. The lowest BCUT2D eigenvalue weighted by Crippen LogP contribution is -2.50. The van der Waals surface area contributed by atoms with Crippen LogP contribution < -0.4 is 15.0 Å². The zero-order valence-electron chi connectivity index (χ0n) is 28.0. The number of nitrogens with zero attached hydrogens (tertiary/aromatic N) is 5. The number of carbonyl (C=O) groups is 3. The number of likely N-dealkylation sites (N-methyl/N-ethyl adjacent to an activating group) is 1. The van der Waals surface area contributed by atoms with Crippen molar-refractivity contribution >= 4 is 23.7 Å². The molecule has 0 saturated carbocycles. The summed E-state index contributed by atoms with van der Waals surface area (Å²) in [4.78, 5) is 43.7. The molecule has 14 heteroatoms. The van der Waals surface area contributed by atoms with Crippen LogP contribution in [0.3, 0.4) is 0 Å². The lowest BCUT2D eigenvalue weighted by Gasteiger charge is -2.35. The minimum absolute atomic E-state index is 0.195. The lowest BCUT2D eigenvalue weighted by molar-refractivity contribution is -0.137. The van der Waals surface area contributed by atoms with Crippen molar-refractivity contribution in [3.63, 3.8) is 0 Å². The minimum atomic E-state index is -4.59. The van der Waals surface area contributed by atoms with E-state index in [1.165, 1.54) is 11.0 Å². The van der Waals surface area contributed by atoms with Gasteiger partial charge in [-0.25, -0.2) is 9.48 Å². The molecule has 11 nitrogen and oxygen atoms in total. The summed E-state index contributed by atoms with van der Waals surface area (Å²) in [5.41, 5.74) is -0.286. The molecule has 0 aliphatic carbocycles. The number of carbonyl (C=O) groups excluding carboxylic acids is 3. The number of rotatable bonds is 11. The highest BCUT2D eigenvalue weighted by atomic mass is 19.4. The van der Waals surface area contributed by atoms with Crippen LogP contribution in [-0.2, 0) is 15.7 Å². The van der Waals surface area contributed by atoms with Crippen LogP contribution in [-0.4, -0.2) is 95.5 Å². The predicted molar refractivity (Wildman–Crippen MR) is 174 cm³/mol. The third-order valence-corrected chi connectivity index (χ3v) is 7.62. The van der Waals surface area contributed by atoms with Crippen LogP contribution in [0.4, 0.5) is 23.8 Å². The molecule has 1 aliphatic rings. The minimum Gasteiger partial charge on any atom is -0.493 e. The Hall–Kier alpha value is -4.59. The summed E-state index contributed by atoms with van der Waals surface area (Å²) in [5.74, 6) is -0.117. The normalized spacial score (nSPS) is 14.0. The molecule has 1 aliphatic heterocycles. The number of alkyl halides is 3. The number of hydrogen-bond acceptors (Lipinski definition) is 7. The molecular formula is C34H43F3N6O5. The molecule has 48 heavy (non-hydrogen) atoms. The summed E-state index contributed by atoms with van der Waals surface area (Å²) < 4.78 is 52.4. The zero-order chi connectivity index (χ0) is 35.1. The van der Waals surface area contributed by atoms with Crippen LogP contribution in [0.2, 0.25) is 0 Å². The maximum absolute atomic E-state index is 13.3. The molecule has 4 rings (SSSR count). The van der Waals surface area contributed by atoms with Crippen LogP contribution in [0.15, 0.2) is 54.7 Å². The molecule has 3 aromatic rings. The van der Waals surface area contributed by atoms with Crippen LogP contribution in [0.1, 0.15) is 55.6 Å². The summed E-state index contributed by atoms with van der Waals surface area (Å²) >= 11 is 0. The highest BCUT2D eigenvalue weighted by Gasteiger charge is 2.31. The fourth-order valence-corrected chi connectivity index (χ4v) is 5.24.